The summed E-state index contributed by atoms with van der Waals surface area (Å²) >= 11 is 0. The van der Waals surface area contributed by atoms with Crippen LogP contribution in [0.3, 0.4) is 0 Å². The molecule has 3 aliphatic rings. The highest BCUT2D eigenvalue weighted by molar-refractivity contribution is 5.71. The van der Waals surface area contributed by atoms with Crippen molar-refractivity contribution in [3.8, 4) is 5.88 Å². The number of aromatic nitrogens is 2. The molecule has 2 saturated heterocycles. The minimum atomic E-state index is -0.814. The van der Waals surface area contributed by atoms with Crippen molar-refractivity contribution in [1.82, 2.24) is 9.55 Å². The number of rotatable bonds is 1. The van der Waals surface area contributed by atoms with Crippen LogP contribution in [-0.2, 0) is 7.05 Å². The van der Waals surface area contributed by atoms with E-state index in [4.69, 9.17) is 4.42 Å². The van der Waals surface area contributed by atoms with Crippen LogP contribution < -0.4 is 37.5 Å². The fraction of sp³-hybridized carbons (Fsp3) is 0.409. The summed E-state index contributed by atoms with van der Waals surface area (Å²) in [5.41, 5.74) is 2.32. The SMILES string of the molecule is Cc1c2c(oc(=O)c1=Cc1c([O-])n(C)c(=O)[nH]c1=O)=C1CCC[NH+]3CCCC(=C2)C13. The maximum atomic E-state index is 12.9. The molecule has 156 valence electrons. The molecule has 0 spiro atoms. The van der Waals surface area contributed by atoms with Crippen molar-refractivity contribution in [3.63, 3.8) is 0 Å². The average Bonchev–Trinajstić information content (AvgIpc) is 2.73. The van der Waals surface area contributed by atoms with Crippen LogP contribution in [0.25, 0.3) is 17.7 Å². The zero-order valence-corrected chi connectivity index (χ0v) is 17.0. The van der Waals surface area contributed by atoms with Gasteiger partial charge >= 0.3 is 11.3 Å². The first-order valence-corrected chi connectivity index (χ1v) is 10.3. The summed E-state index contributed by atoms with van der Waals surface area (Å²) in [6.45, 7) is 4.09. The fourth-order valence-corrected chi connectivity index (χ4v) is 5.19. The molecule has 0 saturated carbocycles. The van der Waals surface area contributed by atoms with E-state index in [0.717, 1.165) is 48.9 Å². The summed E-state index contributed by atoms with van der Waals surface area (Å²) in [6, 6.07) is 0.303. The van der Waals surface area contributed by atoms with Crippen molar-refractivity contribution >= 4 is 17.7 Å². The number of piperidine rings is 2. The van der Waals surface area contributed by atoms with Crippen LogP contribution in [0.5, 0.6) is 5.88 Å². The first-order chi connectivity index (χ1) is 14.4. The molecule has 8 heteroatoms. The molecule has 8 nitrogen and oxygen atoms in total. The number of hydrogen-bond acceptors (Lipinski definition) is 5. The minimum Gasteiger partial charge on any atom is -0.859 e. The Morgan fingerprint density at radius 2 is 1.97 bits per heavy atom. The van der Waals surface area contributed by atoms with Crippen LogP contribution in [0.15, 0.2) is 24.4 Å². The van der Waals surface area contributed by atoms with Crippen LogP contribution in [0.1, 0.15) is 42.4 Å². The molecule has 2 atom stereocenters. The van der Waals surface area contributed by atoms with E-state index in [1.54, 1.807) is 4.90 Å². The second-order valence-electron chi connectivity index (χ2n) is 8.40. The van der Waals surface area contributed by atoms with E-state index < -0.39 is 22.8 Å². The van der Waals surface area contributed by atoms with E-state index in [1.807, 2.05) is 6.92 Å². The lowest BCUT2D eigenvalue weighted by Gasteiger charge is -2.40. The first kappa shape index (κ1) is 18.9. The Morgan fingerprint density at radius 1 is 1.23 bits per heavy atom. The van der Waals surface area contributed by atoms with E-state index >= 15 is 0 Å². The molecule has 1 aliphatic carbocycles. The third-order valence-electron chi connectivity index (χ3n) is 6.72. The van der Waals surface area contributed by atoms with Crippen LogP contribution >= 0.6 is 0 Å². The van der Waals surface area contributed by atoms with Crippen LogP contribution in [0, 0.1) is 6.92 Å². The van der Waals surface area contributed by atoms with E-state index in [2.05, 4.69) is 11.1 Å². The Labute approximate surface area is 171 Å². The molecule has 0 amide bonds. The minimum absolute atomic E-state index is 0.168. The number of nitrogens with zero attached hydrogens (tertiary/aromatic N) is 1. The molecule has 0 radical (unpaired) electrons. The summed E-state index contributed by atoms with van der Waals surface area (Å²) in [5, 5.41) is 12.6. The van der Waals surface area contributed by atoms with Crippen molar-refractivity contribution < 1.29 is 14.4 Å². The van der Waals surface area contributed by atoms with Crippen LogP contribution in [-0.4, -0.2) is 28.7 Å². The molecular weight excluding hydrogens is 386 g/mol. The van der Waals surface area contributed by atoms with E-state index in [1.165, 1.54) is 24.3 Å². The summed E-state index contributed by atoms with van der Waals surface area (Å²) in [6.07, 6.45) is 7.53. The standard InChI is InChI=1S/C22H23N3O5/c1-11-14-9-12-5-3-7-25-8-4-6-13(17(12)25)18(14)30-21(28)15(11)10-16-19(26)23-22(29)24(2)20(16)27/h9-10,17,27H,3-8H2,1-2H3,(H,23,26,29). The number of hydrogen-bond donors (Lipinski definition) is 2. The molecule has 0 aromatic carbocycles. The molecule has 2 unspecified atom stereocenters. The van der Waals surface area contributed by atoms with Gasteiger partial charge in [-0.2, -0.15) is 0 Å². The number of H-pyrrole nitrogens is 1. The maximum absolute atomic E-state index is 12.9. The molecular formula is C22H23N3O5. The molecule has 5 rings (SSSR count). The van der Waals surface area contributed by atoms with E-state index in [9.17, 15) is 19.5 Å². The average molecular weight is 409 g/mol. The maximum Gasteiger partial charge on any atom is 0.343 e. The van der Waals surface area contributed by atoms with E-state index in [-0.39, 0.29) is 10.8 Å². The third-order valence-corrected chi connectivity index (χ3v) is 6.72. The van der Waals surface area contributed by atoms with Crippen LogP contribution in [0.2, 0.25) is 0 Å². The van der Waals surface area contributed by atoms with Crippen molar-refractivity contribution in [3.05, 3.63) is 64.2 Å². The van der Waals surface area contributed by atoms with Gasteiger partial charge in [-0.15, -0.1) is 0 Å². The van der Waals surface area contributed by atoms with Gasteiger partial charge in [-0.3, -0.25) is 9.78 Å². The summed E-state index contributed by atoms with van der Waals surface area (Å²) in [7, 11) is 1.28. The van der Waals surface area contributed by atoms with Gasteiger partial charge in [-0.25, -0.2) is 9.59 Å². The van der Waals surface area contributed by atoms with Gasteiger partial charge in [0, 0.05) is 36.6 Å². The van der Waals surface area contributed by atoms with Gasteiger partial charge in [0.2, 0.25) is 0 Å². The number of fused-ring (bicyclic) bond motifs is 1. The molecule has 2 aliphatic heterocycles. The third kappa shape index (κ3) is 2.67. The second-order valence-corrected chi connectivity index (χ2v) is 8.40. The number of quaternary nitrogens is 1. The van der Waals surface area contributed by atoms with Gasteiger partial charge in [-0.05, 0) is 48.9 Å². The molecule has 2 aromatic heterocycles. The van der Waals surface area contributed by atoms with Crippen molar-refractivity contribution in [2.24, 2.45) is 7.05 Å². The molecule has 2 fully saturated rings. The monoisotopic (exact) mass is 409 g/mol. The highest BCUT2D eigenvalue weighted by Crippen LogP contribution is 2.29. The highest BCUT2D eigenvalue weighted by Gasteiger charge is 2.39. The zero-order chi connectivity index (χ0) is 21.2. The van der Waals surface area contributed by atoms with Gasteiger partial charge in [0.1, 0.15) is 11.5 Å². The zero-order valence-electron chi connectivity index (χ0n) is 17.0. The lowest BCUT2D eigenvalue weighted by Crippen LogP contribution is -3.17. The molecule has 4 heterocycles. The Morgan fingerprint density at radius 3 is 2.73 bits per heavy atom. The van der Waals surface area contributed by atoms with Gasteiger partial charge in [-0.1, -0.05) is 0 Å². The highest BCUT2D eigenvalue weighted by atomic mass is 16.4. The predicted octanol–water partition coefficient (Wildman–Crippen LogP) is -2.37. The summed E-state index contributed by atoms with van der Waals surface area (Å²) in [4.78, 5) is 40.4. The molecule has 30 heavy (non-hydrogen) atoms. The smallest absolute Gasteiger partial charge is 0.343 e. The van der Waals surface area contributed by atoms with Gasteiger partial charge < -0.3 is 19.0 Å². The molecule has 2 N–H and O–H groups in total. The van der Waals surface area contributed by atoms with Crippen molar-refractivity contribution in [1.29, 1.82) is 0 Å². The van der Waals surface area contributed by atoms with Crippen molar-refractivity contribution in [2.45, 2.75) is 38.6 Å². The number of aromatic amines is 1. The summed E-state index contributed by atoms with van der Waals surface area (Å²) in [5.74, 6) is -0.744. The fourth-order valence-electron chi connectivity index (χ4n) is 5.19. The van der Waals surface area contributed by atoms with Gasteiger partial charge in [0.05, 0.1) is 18.3 Å². The largest absolute Gasteiger partial charge is 0.859 e. The normalized spacial score (nSPS) is 23.1. The Kier molecular flexibility index (Phi) is 4.21. The summed E-state index contributed by atoms with van der Waals surface area (Å²) < 4.78 is 6.60. The van der Waals surface area contributed by atoms with Gasteiger partial charge in [0.15, 0.2) is 0 Å². The second kappa shape index (κ2) is 6.70. The number of nitrogens with one attached hydrogen (secondary N) is 2. The lowest BCUT2D eigenvalue weighted by atomic mass is 9.80. The predicted molar refractivity (Wildman–Crippen MR) is 109 cm³/mol. The Bertz CT molecular complexity index is 1400. The Hall–Kier alpha value is -3.13. The quantitative estimate of drug-likeness (QED) is 0.547. The van der Waals surface area contributed by atoms with Crippen molar-refractivity contribution in [2.75, 3.05) is 13.1 Å². The molecule has 0 bridgehead atoms. The molecule has 2 aromatic rings. The van der Waals surface area contributed by atoms with E-state index in [0.29, 0.717) is 17.0 Å². The topological polar surface area (TPSA) is 113 Å². The first-order valence-electron chi connectivity index (χ1n) is 10.3. The van der Waals surface area contributed by atoms with Gasteiger partial charge in [0.25, 0.3) is 5.56 Å². The van der Waals surface area contributed by atoms with Crippen LogP contribution in [0.4, 0.5) is 0 Å². The lowest BCUT2D eigenvalue weighted by molar-refractivity contribution is -0.918. The Balaban J connectivity index is 1.82.